The second-order valence-electron chi connectivity index (χ2n) is 1.59. The van der Waals surface area contributed by atoms with E-state index < -0.39 is 7.82 Å². The van der Waals surface area contributed by atoms with Crippen LogP contribution in [0.5, 0.6) is 0 Å². The zero-order chi connectivity index (χ0) is 10.0. The summed E-state index contributed by atoms with van der Waals surface area (Å²) in [6.07, 6.45) is 1.26. The van der Waals surface area contributed by atoms with E-state index in [0.29, 0.717) is 6.54 Å². The van der Waals surface area contributed by atoms with Crippen LogP contribution in [-0.4, -0.2) is 34.7 Å². The van der Waals surface area contributed by atoms with Gasteiger partial charge in [0, 0.05) is 6.54 Å². The van der Waals surface area contributed by atoms with E-state index in [9.17, 15) is 4.57 Å². The van der Waals surface area contributed by atoms with Gasteiger partial charge in [-0.05, 0) is 0 Å². The molecule has 0 fully saturated rings. The average molecular weight is 199 g/mol. The Balaban J connectivity index is 0. The highest BCUT2D eigenvalue weighted by atomic mass is 31.2. The molecule has 0 rings (SSSR count). The summed E-state index contributed by atoms with van der Waals surface area (Å²) >= 11 is 0. The van der Waals surface area contributed by atoms with Crippen LogP contribution in [0.1, 0.15) is 0 Å². The maximum absolute atomic E-state index is 9.81. The Morgan fingerprint density at radius 3 is 2.08 bits per heavy atom. The van der Waals surface area contributed by atoms with Crippen LogP contribution in [0.15, 0.2) is 12.7 Å². The van der Waals surface area contributed by atoms with Crippen LogP contribution in [0.25, 0.3) is 0 Å². The van der Waals surface area contributed by atoms with E-state index in [-0.39, 0.29) is 13.2 Å². The van der Waals surface area contributed by atoms with Crippen LogP contribution in [0, 0.1) is 0 Å². The number of hydrogen-bond acceptors (Lipinski definition) is 4. The lowest BCUT2D eigenvalue weighted by Crippen LogP contribution is -2.02. The Morgan fingerprint density at radius 2 is 2.00 bits per heavy atom. The normalized spacial score (nSPS) is 10.0. The van der Waals surface area contributed by atoms with Gasteiger partial charge >= 0.3 is 7.82 Å². The molecule has 0 amide bonds. The SMILES string of the molecule is C=CCOP(=O)(O)O.NCCO. The van der Waals surface area contributed by atoms with Crippen molar-refractivity contribution in [3.63, 3.8) is 0 Å². The van der Waals surface area contributed by atoms with E-state index in [0.717, 1.165) is 0 Å². The zero-order valence-corrected chi connectivity index (χ0v) is 7.48. The standard InChI is InChI=1S/C3H7O4P.C2H7NO/c1-2-3-7-8(4,5)6;3-1-2-4/h2H,1,3H2,(H2,4,5,6);4H,1-3H2. The minimum atomic E-state index is -4.25. The third-order valence-electron chi connectivity index (χ3n) is 0.490. The van der Waals surface area contributed by atoms with Crippen molar-refractivity contribution in [1.82, 2.24) is 0 Å². The molecule has 0 aromatic rings. The number of aliphatic hydroxyl groups is 1. The molecule has 0 unspecified atom stereocenters. The predicted octanol–water partition coefficient (Wildman–Crippen LogP) is -0.781. The molecule has 0 aliphatic heterocycles. The highest BCUT2D eigenvalue weighted by molar-refractivity contribution is 7.46. The molecule has 0 aromatic carbocycles. The summed E-state index contributed by atoms with van der Waals surface area (Å²) < 4.78 is 13.7. The quantitative estimate of drug-likeness (QED) is 0.349. The van der Waals surface area contributed by atoms with Crippen molar-refractivity contribution in [2.75, 3.05) is 19.8 Å². The molecule has 0 bridgehead atoms. The van der Waals surface area contributed by atoms with E-state index in [1.807, 2.05) is 0 Å². The van der Waals surface area contributed by atoms with Crippen LogP contribution in [0.2, 0.25) is 0 Å². The van der Waals surface area contributed by atoms with E-state index in [2.05, 4.69) is 11.1 Å². The van der Waals surface area contributed by atoms with E-state index in [4.69, 9.17) is 20.6 Å². The fraction of sp³-hybridized carbons (Fsp3) is 0.600. The van der Waals surface area contributed by atoms with Crippen LogP contribution < -0.4 is 5.73 Å². The van der Waals surface area contributed by atoms with Crippen LogP contribution in [0.4, 0.5) is 0 Å². The second kappa shape index (κ2) is 8.86. The minimum Gasteiger partial charge on any atom is -0.395 e. The molecule has 74 valence electrons. The highest BCUT2D eigenvalue weighted by Crippen LogP contribution is 2.35. The molecule has 0 saturated heterocycles. The van der Waals surface area contributed by atoms with Crippen molar-refractivity contribution in [2.45, 2.75) is 0 Å². The van der Waals surface area contributed by atoms with Crippen molar-refractivity contribution < 1.29 is 24.0 Å². The average Bonchev–Trinajstić information content (AvgIpc) is 2.00. The molecule has 0 heterocycles. The van der Waals surface area contributed by atoms with Gasteiger partial charge in [-0.1, -0.05) is 6.08 Å². The van der Waals surface area contributed by atoms with E-state index >= 15 is 0 Å². The van der Waals surface area contributed by atoms with Gasteiger partial charge in [0.15, 0.2) is 0 Å². The summed E-state index contributed by atoms with van der Waals surface area (Å²) in [5, 5.41) is 7.75. The monoisotopic (exact) mass is 199 g/mol. The maximum atomic E-state index is 9.81. The molecule has 0 atom stereocenters. The van der Waals surface area contributed by atoms with E-state index in [1.165, 1.54) is 6.08 Å². The smallest absolute Gasteiger partial charge is 0.395 e. The van der Waals surface area contributed by atoms with Gasteiger partial charge in [0.2, 0.25) is 0 Å². The van der Waals surface area contributed by atoms with Gasteiger partial charge in [-0.25, -0.2) is 4.57 Å². The summed E-state index contributed by atoms with van der Waals surface area (Å²) in [6, 6.07) is 0. The molecular weight excluding hydrogens is 185 g/mol. The van der Waals surface area contributed by atoms with Gasteiger partial charge in [0.05, 0.1) is 13.2 Å². The largest absolute Gasteiger partial charge is 0.469 e. The fourth-order valence-electron chi connectivity index (χ4n) is 0.150. The molecule has 0 radical (unpaired) electrons. The van der Waals surface area contributed by atoms with Crippen molar-refractivity contribution >= 4 is 7.82 Å². The lowest BCUT2D eigenvalue weighted by molar-refractivity contribution is 0.216. The van der Waals surface area contributed by atoms with E-state index in [1.54, 1.807) is 0 Å². The lowest BCUT2D eigenvalue weighted by atomic mass is 10.7. The molecule has 0 aliphatic rings. The predicted molar refractivity (Wildman–Crippen MR) is 44.3 cm³/mol. The Bertz CT molecular complexity index is 143. The summed E-state index contributed by atoms with van der Waals surface area (Å²) in [5.74, 6) is 0. The van der Waals surface area contributed by atoms with Gasteiger partial charge in [0.25, 0.3) is 0 Å². The molecule has 12 heavy (non-hydrogen) atoms. The topological polar surface area (TPSA) is 113 Å². The number of phosphoric ester groups is 1. The van der Waals surface area contributed by atoms with Gasteiger partial charge in [-0.3, -0.25) is 4.52 Å². The Labute approximate surface area is 70.9 Å². The molecule has 0 spiro atoms. The zero-order valence-electron chi connectivity index (χ0n) is 6.59. The van der Waals surface area contributed by atoms with Crippen LogP contribution in [0.3, 0.4) is 0 Å². The Hall–Kier alpha value is -0.230. The van der Waals surface area contributed by atoms with Crippen molar-refractivity contribution in [3.8, 4) is 0 Å². The number of nitrogens with two attached hydrogens (primary N) is 1. The third kappa shape index (κ3) is 22.6. The lowest BCUT2D eigenvalue weighted by Gasteiger charge is -1.98. The molecule has 5 N–H and O–H groups in total. The molecule has 0 aromatic heterocycles. The van der Waals surface area contributed by atoms with Gasteiger partial charge in [-0.2, -0.15) is 0 Å². The molecule has 6 nitrogen and oxygen atoms in total. The van der Waals surface area contributed by atoms with Gasteiger partial charge < -0.3 is 20.6 Å². The minimum absolute atomic E-state index is 0.0972. The molecule has 7 heteroatoms. The first-order valence-corrected chi connectivity index (χ1v) is 4.63. The van der Waals surface area contributed by atoms with Crippen LogP contribution in [-0.2, 0) is 9.09 Å². The highest BCUT2D eigenvalue weighted by Gasteiger charge is 2.10. The summed E-state index contributed by atoms with van der Waals surface area (Å²) in [6.45, 7) is 3.55. The van der Waals surface area contributed by atoms with Crippen LogP contribution >= 0.6 is 7.82 Å². The molecular formula is C5H14NO5P. The fourth-order valence-corrected chi connectivity index (χ4v) is 0.449. The Morgan fingerprint density at radius 1 is 1.58 bits per heavy atom. The van der Waals surface area contributed by atoms with Crippen molar-refractivity contribution in [1.29, 1.82) is 0 Å². The molecule has 0 aliphatic carbocycles. The summed E-state index contributed by atoms with van der Waals surface area (Å²) in [5.41, 5.74) is 4.78. The number of phosphoric acid groups is 1. The van der Waals surface area contributed by atoms with Gasteiger partial charge in [-0.15, -0.1) is 6.58 Å². The number of rotatable bonds is 4. The second-order valence-corrected chi connectivity index (χ2v) is 2.83. The summed E-state index contributed by atoms with van der Waals surface area (Å²) in [4.78, 5) is 16.0. The first kappa shape index (κ1) is 14.3. The Kier molecular flexibility index (Phi) is 10.6. The third-order valence-corrected chi connectivity index (χ3v) is 0.975. The number of aliphatic hydroxyl groups excluding tert-OH is 1. The van der Waals surface area contributed by atoms with Crippen molar-refractivity contribution in [3.05, 3.63) is 12.7 Å². The maximum Gasteiger partial charge on any atom is 0.469 e. The summed E-state index contributed by atoms with van der Waals surface area (Å²) in [7, 11) is -4.25. The molecule has 0 saturated carbocycles. The number of hydrogen-bond donors (Lipinski definition) is 4. The van der Waals surface area contributed by atoms with Crippen molar-refractivity contribution in [2.24, 2.45) is 5.73 Å². The first-order chi connectivity index (χ1) is 5.47. The van der Waals surface area contributed by atoms with Gasteiger partial charge in [0.1, 0.15) is 0 Å². The first-order valence-electron chi connectivity index (χ1n) is 3.09.